The van der Waals surface area contributed by atoms with Crippen molar-refractivity contribution < 1.29 is 9.90 Å². The van der Waals surface area contributed by atoms with Crippen LogP contribution in [0.5, 0.6) is 0 Å². The van der Waals surface area contributed by atoms with Crippen LogP contribution in [0.2, 0.25) is 0 Å². The van der Waals surface area contributed by atoms with Gasteiger partial charge in [0.05, 0.1) is 6.42 Å². The molecule has 0 aromatic carbocycles. The lowest BCUT2D eigenvalue weighted by Crippen LogP contribution is -2.32. The van der Waals surface area contributed by atoms with Crippen molar-refractivity contribution in [2.24, 2.45) is 11.8 Å². The molecular weight excluding hydrogens is 214 g/mol. The maximum atomic E-state index is 11.0. The summed E-state index contributed by atoms with van der Waals surface area (Å²) in [6, 6.07) is 0.229. The number of hydrogen-bond donors (Lipinski definition) is 2. The zero-order valence-electron chi connectivity index (χ0n) is 11.4. The minimum Gasteiger partial charge on any atom is -0.481 e. The van der Waals surface area contributed by atoms with Gasteiger partial charge in [-0.05, 0) is 35.5 Å². The minimum absolute atomic E-state index is 0.129. The zero-order chi connectivity index (χ0) is 13.2. The highest BCUT2D eigenvalue weighted by molar-refractivity contribution is 5.72. The van der Waals surface area contributed by atoms with Crippen molar-refractivity contribution in [2.75, 3.05) is 0 Å². The van der Waals surface area contributed by atoms with Crippen LogP contribution in [0.4, 0.5) is 0 Å². The fourth-order valence-corrected chi connectivity index (χ4v) is 2.54. The van der Waals surface area contributed by atoms with E-state index in [0.29, 0.717) is 11.8 Å². The molecule has 1 unspecified atom stereocenters. The smallest absolute Gasteiger partial charge is 0.307 e. The van der Waals surface area contributed by atoms with Crippen LogP contribution < -0.4 is 5.32 Å². The fraction of sp³-hybridized carbons (Fsp3) is 0.643. The van der Waals surface area contributed by atoms with E-state index in [1.165, 1.54) is 5.57 Å². The Bertz CT molecular complexity index is 364. The number of allylic oxidation sites excluding steroid dienone is 1. The molecule has 3 heteroatoms. The molecule has 1 aliphatic rings. The highest BCUT2D eigenvalue weighted by Crippen LogP contribution is 2.33. The van der Waals surface area contributed by atoms with Crippen LogP contribution in [-0.2, 0) is 4.79 Å². The van der Waals surface area contributed by atoms with E-state index >= 15 is 0 Å². The Labute approximate surface area is 104 Å². The Hall–Kier alpha value is -1.25. The van der Waals surface area contributed by atoms with Crippen molar-refractivity contribution in [3.8, 4) is 0 Å². The highest BCUT2D eigenvalue weighted by atomic mass is 16.4. The van der Waals surface area contributed by atoms with Crippen LogP contribution in [-0.4, -0.2) is 17.1 Å². The molecule has 1 heterocycles. The van der Waals surface area contributed by atoms with E-state index < -0.39 is 5.97 Å². The first-order valence-corrected chi connectivity index (χ1v) is 6.25. The largest absolute Gasteiger partial charge is 0.481 e. The van der Waals surface area contributed by atoms with Gasteiger partial charge in [0.2, 0.25) is 0 Å². The number of hydrogen-bond acceptors (Lipinski definition) is 2. The van der Waals surface area contributed by atoms with E-state index in [1.54, 1.807) is 0 Å². The van der Waals surface area contributed by atoms with Crippen molar-refractivity contribution in [1.29, 1.82) is 0 Å². The Morgan fingerprint density at radius 1 is 1.35 bits per heavy atom. The van der Waals surface area contributed by atoms with Gasteiger partial charge >= 0.3 is 5.97 Å². The molecule has 0 saturated heterocycles. The number of carbonyl (C=O) groups is 1. The van der Waals surface area contributed by atoms with Crippen LogP contribution in [0, 0.1) is 11.8 Å². The number of carboxylic acid groups (broad SMARTS) is 1. The summed E-state index contributed by atoms with van der Waals surface area (Å²) in [5, 5.41) is 12.4. The van der Waals surface area contributed by atoms with Crippen molar-refractivity contribution in [2.45, 2.75) is 47.1 Å². The highest BCUT2D eigenvalue weighted by Gasteiger charge is 2.25. The lowest BCUT2D eigenvalue weighted by Gasteiger charge is -2.31. The Morgan fingerprint density at radius 2 is 1.94 bits per heavy atom. The first-order valence-electron chi connectivity index (χ1n) is 6.25. The maximum absolute atomic E-state index is 11.0. The van der Waals surface area contributed by atoms with Crippen molar-refractivity contribution in [3.63, 3.8) is 0 Å². The number of rotatable bonds is 4. The summed E-state index contributed by atoms with van der Waals surface area (Å²) in [5.41, 5.74) is 3.39. The average Bonchev–Trinajstić information content (AvgIpc) is 2.15. The standard InChI is InChI=1S/C14H23NO2/c1-8(2)12-7-15-10(5)14(9(3)4)11(12)6-13(16)17/h7-10,15H,6H2,1-5H3,(H,16,17). The molecular formula is C14H23NO2. The summed E-state index contributed by atoms with van der Waals surface area (Å²) in [6.07, 6.45) is 2.11. The average molecular weight is 237 g/mol. The van der Waals surface area contributed by atoms with Gasteiger partial charge in [0, 0.05) is 12.2 Å². The molecule has 1 rings (SSSR count). The molecule has 0 fully saturated rings. The van der Waals surface area contributed by atoms with E-state index in [4.69, 9.17) is 5.11 Å². The van der Waals surface area contributed by atoms with Crippen LogP contribution in [0.15, 0.2) is 22.9 Å². The van der Waals surface area contributed by atoms with Gasteiger partial charge in [0.15, 0.2) is 0 Å². The van der Waals surface area contributed by atoms with E-state index in [9.17, 15) is 4.79 Å². The molecule has 96 valence electrons. The number of aliphatic carboxylic acids is 1. The number of dihydropyridines is 1. The van der Waals surface area contributed by atoms with Gasteiger partial charge < -0.3 is 10.4 Å². The molecule has 2 N–H and O–H groups in total. The summed E-state index contributed by atoms with van der Waals surface area (Å²) in [6.45, 7) is 10.5. The second-order valence-corrected chi connectivity index (χ2v) is 5.30. The molecule has 0 amide bonds. The summed E-state index contributed by atoms with van der Waals surface area (Å²) in [7, 11) is 0. The zero-order valence-corrected chi connectivity index (χ0v) is 11.4. The second-order valence-electron chi connectivity index (χ2n) is 5.30. The lowest BCUT2D eigenvalue weighted by molar-refractivity contribution is -0.136. The monoisotopic (exact) mass is 237 g/mol. The van der Waals surface area contributed by atoms with E-state index in [-0.39, 0.29) is 12.5 Å². The fourth-order valence-electron chi connectivity index (χ4n) is 2.54. The van der Waals surface area contributed by atoms with E-state index in [1.807, 2.05) is 6.20 Å². The number of carboxylic acids is 1. The van der Waals surface area contributed by atoms with Crippen LogP contribution in [0.1, 0.15) is 41.0 Å². The molecule has 0 aromatic rings. The van der Waals surface area contributed by atoms with Gasteiger partial charge in [0.25, 0.3) is 0 Å². The molecule has 17 heavy (non-hydrogen) atoms. The van der Waals surface area contributed by atoms with Crippen molar-refractivity contribution in [1.82, 2.24) is 5.32 Å². The minimum atomic E-state index is -0.751. The molecule has 0 aromatic heterocycles. The first-order chi connectivity index (χ1) is 7.84. The predicted molar refractivity (Wildman–Crippen MR) is 69.6 cm³/mol. The van der Waals surface area contributed by atoms with Gasteiger partial charge in [-0.3, -0.25) is 4.79 Å². The topological polar surface area (TPSA) is 49.3 Å². The summed E-state index contributed by atoms with van der Waals surface area (Å²) in [5.74, 6) is -0.0359. The molecule has 1 atom stereocenters. The SMILES string of the molecule is CC(C)C1=CNC(C)C(C(C)C)=C1CC(=O)O. The quantitative estimate of drug-likeness (QED) is 0.790. The second kappa shape index (κ2) is 5.39. The molecule has 1 aliphatic heterocycles. The third-order valence-electron chi connectivity index (χ3n) is 3.22. The molecule has 0 bridgehead atoms. The van der Waals surface area contributed by atoms with Gasteiger partial charge in [-0.2, -0.15) is 0 Å². The Kier molecular flexibility index (Phi) is 4.38. The van der Waals surface area contributed by atoms with Crippen LogP contribution >= 0.6 is 0 Å². The third-order valence-corrected chi connectivity index (χ3v) is 3.22. The summed E-state index contributed by atoms with van der Waals surface area (Å²) >= 11 is 0. The lowest BCUT2D eigenvalue weighted by atomic mass is 9.81. The molecule has 0 saturated carbocycles. The first kappa shape index (κ1) is 13.8. The van der Waals surface area contributed by atoms with E-state index in [2.05, 4.69) is 39.9 Å². The van der Waals surface area contributed by atoms with Crippen LogP contribution in [0.3, 0.4) is 0 Å². The molecule has 0 aliphatic carbocycles. The summed E-state index contributed by atoms with van der Waals surface area (Å²) in [4.78, 5) is 11.0. The van der Waals surface area contributed by atoms with Crippen molar-refractivity contribution in [3.05, 3.63) is 22.9 Å². The normalized spacial score (nSPS) is 20.6. The Balaban J connectivity index is 3.23. The molecule has 0 spiro atoms. The number of nitrogens with one attached hydrogen (secondary N) is 1. The third kappa shape index (κ3) is 3.11. The maximum Gasteiger partial charge on any atom is 0.307 e. The Morgan fingerprint density at radius 3 is 2.35 bits per heavy atom. The molecule has 3 nitrogen and oxygen atoms in total. The summed E-state index contributed by atoms with van der Waals surface area (Å²) < 4.78 is 0. The molecule has 0 radical (unpaired) electrons. The van der Waals surface area contributed by atoms with Gasteiger partial charge in [0.1, 0.15) is 0 Å². The van der Waals surface area contributed by atoms with Crippen molar-refractivity contribution >= 4 is 5.97 Å². The van der Waals surface area contributed by atoms with Gasteiger partial charge in [-0.25, -0.2) is 0 Å². The van der Waals surface area contributed by atoms with Gasteiger partial charge in [-0.15, -0.1) is 0 Å². The van der Waals surface area contributed by atoms with Gasteiger partial charge in [-0.1, -0.05) is 27.7 Å². The van der Waals surface area contributed by atoms with E-state index in [0.717, 1.165) is 11.1 Å². The predicted octanol–water partition coefficient (Wildman–Crippen LogP) is 2.95. The van der Waals surface area contributed by atoms with Crippen LogP contribution in [0.25, 0.3) is 0 Å².